The highest BCUT2D eigenvalue weighted by Gasteiger charge is 2.32. The Hall–Kier alpha value is -3.03. The average molecular weight is 348 g/mol. The predicted molar refractivity (Wildman–Crippen MR) is 88.0 cm³/mol. The molecule has 0 radical (unpaired) electrons. The Morgan fingerprint density at radius 1 is 1.24 bits per heavy atom. The van der Waals surface area contributed by atoms with Crippen LogP contribution in [0.1, 0.15) is 32.4 Å². The van der Waals surface area contributed by atoms with Crippen LogP contribution in [0.15, 0.2) is 29.5 Å². The van der Waals surface area contributed by atoms with Crippen LogP contribution < -0.4 is 20.1 Å². The number of ether oxygens (including phenoxy) is 3. The standard InChI is InChI=1S/C17H20N2O6/c1-5-24-16(21)14-9(2)18-17(22)19-15(14)11-6-7-12(25-10(3)20)13(8-11)23-4/h6-8,15H,5H2,1-4H3,(H2,18,19,22)/t15-/m0/s1. The quantitative estimate of drug-likeness (QED) is 0.621. The molecule has 0 spiro atoms. The van der Waals surface area contributed by atoms with Gasteiger partial charge < -0.3 is 24.8 Å². The molecule has 0 saturated heterocycles. The normalized spacial score (nSPS) is 16.6. The molecule has 0 fully saturated rings. The van der Waals surface area contributed by atoms with Gasteiger partial charge in [0.05, 0.1) is 25.3 Å². The molecule has 0 aliphatic carbocycles. The third-order valence-electron chi connectivity index (χ3n) is 3.54. The summed E-state index contributed by atoms with van der Waals surface area (Å²) in [5, 5.41) is 5.25. The second-order valence-corrected chi connectivity index (χ2v) is 5.29. The van der Waals surface area contributed by atoms with Crippen LogP contribution in [0.25, 0.3) is 0 Å². The Morgan fingerprint density at radius 3 is 2.56 bits per heavy atom. The van der Waals surface area contributed by atoms with Gasteiger partial charge in [-0.2, -0.15) is 0 Å². The summed E-state index contributed by atoms with van der Waals surface area (Å²) in [6, 6.07) is 3.64. The third-order valence-corrected chi connectivity index (χ3v) is 3.54. The smallest absolute Gasteiger partial charge is 0.338 e. The van der Waals surface area contributed by atoms with Crippen molar-refractivity contribution in [2.45, 2.75) is 26.8 Å². The van der Waals surface area contributed by atoms with Crippen molar-refractivity contribution in [2.75, 3.05) is 13.7 Å². The van der Waals surface area contributed by atoms with Gasteiger partial charge in [-0.05, 0) is 31.5 Å². The van der Waals surface area contributed by atoms with Crippen molar-refractivity contribution in [1.82, 2.24) is 10.6 Å². The molecule has 0 aromatic heterocycles. The number of benzene rings is 1. The lowest BCUT2D eigenvalue weighted by Gasteiger charge is -2.28. The third kappa shape index (κ3) is 4.09. The molecule has 1 atom stereocenters. The topological polar surface area (TPSA) is 103 Å². The van der Waals surface area contributed by atoms with E-state index in [9.17, 15) is 14.4 Å². The Kier molecular flexibility index (Phi) is 5.63. The van der Waals surface area contributed by atoms with Crippen molar-refractivity contribution >= 4 is 18.0 Å². The van der Waals surface area contributed by atoms with Crippen LogP contribution in [-0.4, -0.2) is 31.7 Å². The zero-order valence-electron chi connectivity index (χ0n) is 14.5. The minimum Gasteiger partial charge on any atom is -0.493 e. The SMILES string of the molecule is CCOC(=O)C1=C(C)NC(=O)N[C@H]1c1ccc(OC(C)=O)c(OC)c1. The molecule has 0 bridgehead atoms. The Morgan fingerprint density at radius 2 is 1.96 bits per heavy atom. The number of urea groups is 1. The summed E-state index contributed by atoms with van der Waals surface area (Å²) in [6.07, 6.45) is 0. The van der Waals surface area contributed by atoms with Crippen LogP contribution in [0.3, 0.4) is 0 Å². The first-order chi connectivity index (χ1) is 11.9. The zero-order valence-corrected chi connectivity index (χ0v) is 14.5. The predicted octanol–water partition coefficient (Wildman–Crippen LogP) is 1.81. The van der Waals surface area contributed by atoms with Crippen LogP contribution in [0, 0.1) is 0 Å². The maximum absolute atomic E-state index is 12.3. The number of hydrogen-bond donors (Lipinski definition) is 2. The van der Waals surface area contributed by atoms with E-state index in [-0.39, 0.29) is 12.4 Å². The molecule has 2 N–H and O–H groups in total. The molecule has 8 nitrogen and oxygen atoms in total. The van der Waals surface area contributed by atoms with Crippen LogP contribution >= 0.6 is 0 Å². The van der Waals surface area contributed by atoms with Crippen LogP contribution in [-0.2, 0) is 14.3 Å². The molecule has 25 heavy (non-hydrogen) atoms. The van der Waals surface area contributed by atoms with Gasteiger partial charge in [-0.1, -0.05) is 6.07 Å². The van der Waals surface area contributed by atoms with Gasteiger partial charge in [0.2, 0.25) is 0 Å². The lowest BCUT2D eigenvalue weighted by molar-refractivity contribution is -0.139. The molecule has 0 saturated carbocycles. The lowest BCUT2D eigenvalue weighted by Crippen LogP contribution is -2.45. The number of allylic oxidation sites excluding steroid dienone is 1. The first-order valence-electron chi connectivity index (χ1n) is 7.69. The van der Waals surface area contributed by atoms with E-state index in [1.807, 2.05) is 0 Å². The number of carbonyl (C=O) groups excluding carboxylic acids is 3. The number of carbonyl (C=O) groups is 3. The van der Waals surface area contributed by atoms with Crippen molar-refractivity contribution in [3.63, 3.8) is 0 Å². The summed E-state index contributed by atoms with van der Waals surface area (Å²) < 4.78 is 15.4. The van der Waals surface area contributed by atoms with Gasteiger partial charge in [0.1, 0.15) is 0 Å². The number of nitrogens with one attached hydrogen (secondary N) is 2. The summed E-state index contributed by atoms with van der Waals surface area (Å²) in [6.45, 7) is 4.83. The molecule has 2 rings (SSSR count). The monoisotopic (exact) mass is 348 g/mol. The fourth-order valence-electron chi connectivity index (χ4n) is 2.53. The van der Waals surface area contributed by atoms with Crippen molar-refractivity contribution in [3.05, 3.63) is 35.0 Å². The maximum atomic E-state index is 12.3. The number of hydrogen-bond acceptors (Lipinski definition) is 6. The van der Waals surface area contributed by atoms with Gasteiger partial charge in [0, 0.05) is 12.6 Å². The molecule has 2 amide bonds. The Bertz CT molecular complexity index is 741. The van der Waals surface area contributed by atoms with E-state index in [1.165, 1.54) is 14.0 Å². The number of amides is 2. The molecule has 1 heterocycles. The Labute approximate surface area is 145 Å². The number of methoxy groups -OCH3 is 1. The lowest BCUT2D eigenvalue weighted by atomic mass is 9.95. The van der Waals surface area contributed by atoms with Crippen molar-refractivity contribution < 1.29 is 28.6 Å². The molecule has 1 aromatic carbocycles. The maximum Gasteiger partial charge on any atom is 0.338 e. The van der Waals surface area contributed by atoms with E-state index < -0.39 is 24.0 Å². The first-order valence-corrected chi connectivity index (χ1v) is 7.69. The number of rotatable bonds is 5. The highest BCUT2D eigenvalue weighted by molar-refractivity contribution is 5.95. The summed E-state index contributed by atoms with van der Waals surface area (Å²) >= 11 is 0. The second-order valence-electron chi connectivity index (χ2n) is 5.29. The van der Waals surface area contributed by atoms with Gasteiger partial charge in [0.15, 0.2) is 11.5 Å². The first kappa shape index (κ1) is 18.3. The summed E-state index contributed by atoms with van der Waals surface area (Å²) in [4.78, 5) is 35.3. The zero-order chi connectivity index (χ0) is 18.6. The summed E-state index contributed by atoms with van der Waals surface area (Å²) in [5.41, 5.74) is 1.30. The fourth-order valence-corrected chi connectivity index (χ4v) is 2.53. The highest BCUT2D eigenvalue weighted by Crippen LogP contribution is 2.34. The average Bonchev–Trinajstić information content (AvgIpc) is 2.54. The summed E-state index contributed by atoms with van der Waals surface area (Å²) in [7, 11) is 1.43. The van der Waals surface area contributed by atoms with Crippen LogP contribution in [0.5, 0.6) is 11.5 Å². The molecule has 1 aliphatic rings. The largest absolute Gasteiger partial charge is 0.493 e. The highest BCUT2D eigenvalue weighted by atomic mass is 16.6. The van der Waals surface area contributed by atoms with E-state index in [1.54, 1.807) is 32.0 Å². The second kappa shape index (κ2) is 7.69. The van der Waals surface area contributed by atoms with Crippen molar-refractivity contribution in [2.24, 2.45) is 0 Å². The van der Waals surface area contributed by atoms with E-state index in [0.29, 0.717) is 22.6 Å². The minimum absolute atomic E-state index is 0.213. The molecule has 134 valence electrons. The molecule has 1 aromatic rings. The van der Waals surface area contributed by atoms with Crippen molar-refractivity contribution in [1.29, 1.82) is 0 Å². The van der Waals surface area contributed by atoms with E-state index in [4.69, 9.17) is 14.2 Å². The Balaban J connectivity index is 2.46. The van der Waals surface area contributed by atoms with Gasteiger partial charge in [-0.3, -0.25) is 4.79 Å². The van der Waals surface area contributed by atoms with Gasteiger partial charge in [0.25, 0.3) is 0 Å². The summed E-state index contributed by atoms with van der Waals surface area (Å²) in [5.74, 6) is -0.455. The fraction of sp³-hybridized carbons (Fsp3) is 0.353. The molecule has 1 aliphatic heterocycles. The number of esters is 2. The van der Waals surface area contributed by atoms with Crippen LogP contribution in [0.2, 0.25) is 0 Å². The van der Waals surface area contributed by atoms with E-state index in [0.717, 1.165) is 0 Å². The van der Waals surface area contributed by atoms with Crippen molar-refractivity contribution in [3.8, 4) is 11.5 Å². The minimum atomic E-state index is -0.715. The van der Waals surface area contributed by atoms with E-state index >= 15 is 0 Å². The molecular weight excluding hydrogens is 328 g/mol. The van der Waals surface area contributed by atoms with Crippen LogP contribution in [0.4, 0.5) is 4.79 Å². The van der Waals surface area contributed by atoms with Gasteiger partial charge in [-0.15, -0.1) is 0 Å². The molecule has 0 unspecified atom stereocenters. The molecular formula is C17H20N2O6. The van der Waals surface area contributed by atoms with Gasteiger partial charge >= 0.3 is 18.0 Å². The van der Waals surface area contributed by atoms with E-state index in [2.05, 4.69) is 10.6 Å². The molecule has 8 heteroatoms. The van der Waals surface area contributed by atoms with Gasteiger partial charge in [-0.25, -0.2) is 9.59 Å².